The van der Waals surface area contributed by atoms with E-state index in [0.717, 1.165) is 28.2 Å². The molecule has 42 heavy (non-hydrogen) atoms. The van der Waals surface area contributed by atoms with Crippen LogP contribution in [0.5, 0.6) is 5.75 Å². The predicted octanol–water partition coefficient (Wildman–Crippen LogP) is 5.93. The van der Waals surface area contributed by atoms with E-state index in [4.69, 9.17) is 4.74 Å². The molecule has 4 aromatic carbocycles. The molecular formula is C35H30N4O3. The zero-order chi connectivity index (χ0) is 29.5. The van der Waals surface area contributed by atoms with E-state index in [9.17, 15) is 15.2 Å². The molecule has 1 aromatic heterocycles. The Hall–Kier alpha value is -5.45. The highest BCUT2D eigenvalue weighted by Gasteiger charge is 2.39. The first-order valence-electron chi connectivity index (χ1n) is 13.5. The summed E-state index contributed by atoms with van der Waals surface area (Å²) in [6, 6.07) is 36.9. The van der Waals surface area contributed by atoms with Gasteiger partial charge in [0.25, 0.3) is 5.91 Å². The minimum atomic E-state index is -1.91. The molecule has 7 heteroatoms. The van der Waals surface area contributed by atoms with Gasteiger partial charge < -0.3 is 14.4 Å². The number of hydrazone groups is 1. The van der Waals surface area contributed by atoms with E-state index in [1.165, 1.54) is 0 Å². The molecule has 208 valence electrons. The van der Waals surface area contributed by atoms with Crippen molar-refractivity contribution in [2.45, 2.75) is 26.1 Å². The number of aliphatic hydroxyl groups is 1. The van der Waals surface area contributed by atoms with Crippen LogP contribution in [-0.2, 0) is 17.0 Å². The van der Waals surface area contributed by atoms with Gasteiger partial charge in [-0.2, -0.15) is 10.4 Å². The molecule has 0 fully saturated rings. The van der Waals surface area contributed by atoms with E-state index in [1.54, 1.807) is 60.8 Å². The van der Waals surface area contributed by atoms with Crippen molar-refractivity contribution in [2.75, 3.05) is 0 Å². The number of aromatic nitrogens is 1. The SMILES string of the molecule is Cc1cc(/C=N/NC(=O)C(O)(c2ccccc2)c2ccccc2)c(C)n1-c1ccc(OCc2ccccc2C#N)cc1. The molecule has 0 aliphatic carbocycles. The van der Waals surface area contributed by atoms with Crippen LogP contribution in [0, 0.1) is 25.2 Å². The number of nitriles is 1. The molecule has 0 aliphatic heterocycles. The largest absolute Gasteiger partial charge is 0.489 e. The summed E-state index contributed by atoms with van der Waals surface area (Å²) >= 11 is 0. The number of aryl methyl sites for hydroxylation is 1. The maximum absolute atomic E-state index is 13.3. The number of benzene rings is 4. The first kappa shape index (κ1) is 28.1. The molecule has 0 bridgehead atoms. The van der Waals surface area contributed by atoms with Crippen molar-refractivity contribution in [1.29, 1.82) is 5.26 Å². The highest BCUT2D eigenvalue weighted by Crippen LogP contribution is 2.30. The summed E-state index contributed by atoms with van der Waals surface area (Å²) in [5.41, 5.74) is 6.66. The molecule has 0 saturated heterocycles. The summed E-state index contributed by atoms with van der Waals surface area (Å²) in [5.74, 6) is 0.0423. The van der Waals surface area contributed by atoms with Crippen LogP contribution in [0.4, 0.5) is 0 Å². The zero-order valence-corrected chi connectivity index (χ0v) is 23.4. The average molecular weight is 555 g/mol. The second-order valence-corrected chi connectivity index (χ2v) is 9.85. The Bertz CT molecular complexity index is 1710. The van der Waals surface area contributed by atoms with Crippen molar-refractivity contribution >= 4 is 12.1 Å². The number of ether oxygens (including phenoxy) is 1. The summed E-state index contributed by atoms with van der Waals surface area (Å²) in [5, 5.41) is 25.1. The van der Waals surface area contributed by atoms with Crippen molar-refractivity contribution < 1.29 is 14.6 Å². The lowest BCUT2D eigenvalue weighted by atomic mass is 9.85. The fourth-order valence-corrected chi connectivity index (χ4v) is 4.95. The van der Waals surface area contributed by atoms with Crippen LogP contribution in [-0.4, -0.2) is 21.8 Å². The molecule has 5 aromatic rings. The molecule has 1 heterocycles. The summed E-state index contributed by atoms with van der Waals surface area (Å²) in [7, 11) is 0. The van der Waals surface area contributed by atoms with Crippen LogP contribution in [0.2, 0.25) is 0 Å². The minimum Gasteiger partial charge on any atom is -0.489 e. The number of carbonyl (C=O) groups is 1. The molecule has 0 unspecified atom stereocenters. The van der Waals surface area contributed by atoms with Gasteiger partial charge >= 0.3 is 0 Å². The quantitative estimate of drug-likeness (QED) is 0.174. The van der Waals surface area contributed by atoms with Crippen molar-refractivity contribution in [3.05, 3.63) is 154 Å². The fourth-order valence-electron chi connectivity index (χ4n) is 4.95. The molecule has 1 amide bonds. The van der Waals surface area contributed by atoms with Crippen LogP contribution >= 0.6 is 0 Å². The third kappa shape index (κ3) is 5.71. The Labute approximate surface area is 245 Å². The van der Waals surface area contributed by atoms with E-state index >= 15 is 0 Å². The second kappa shape index (κ2) is 12.4. The van der Waals surface area contributed by atoms with Gasteiger partial charge in [-0.05, 0) is 61.4 Å². The Morgan fingerprint density at radius 1 is 0.929 bits per heavy atom. The number of carbonyl (C=O) groups excluding carboxylic acids is 1. The molecular weight excluding hydrogens is 524 g/mol. The van der Waals surface area contributed by atoms with Gasteiger partial charge in [0.2, 0.25) is 0 Å². The van der Waals surface area contributed by atoms with Gasteiger partial charge in [0.1, 0.15) is 12.4 Å². The monoisotopic (exact) mass is 554 g/mol. The number of nitrogens with one attached hydrogen (secondary N) is 1. The highest BCUT2D eigenvalue weighted by molar-refractivity contribution is 5.91. The Balaban J connectivity index is 1.31. The number of nitrogens with zero attached hydrogens (tertiary/aromatic N) is 3. The normalized spacial score (nSPS) is 11.3. The van der Waals surface area contributed by atoms with Crippen LogP contribution in [0.25, 0.3) is 5.69 Å². The van der Waals surface area contributed by atoms with Gasteiger partial charge in [-0.3, -0.25) is 4.79 Å². The molecule has 2 N–H and O–H groups in total. The lowest BCUT2D eigenvalue weighted by Gasteiger charge is -2.27. The van der Waals surface area contributed by atoms with Gasteiger partial charge in [0, 0.05) is 28.2 Å². The van der Waals surface area contributed by atoms with Crippen molar-refractivity contribution in [2.24, 2.45) is 5.10 Å². The van der Waals surface area contributed by atoms with E-state index in [1.807, 2.05) is 74.5 Å². The fraction of sp³-hybridized carbons (Fsp3) is 0.114. The molecule has 0 aliphatic rings. The molecule has 7 nitrogen and oxygen atoms in total. The van der Waals surface area contributed by atoms with Crippen LogP contribution < -0.4 is 10.2 Å². The molecule has 0 atom stereocenters. The highest BCUT2D eigenvalue weighted by atomic mass is 16.5. The van der Waals surface area contributed by atoms with Gasteiger partial charge in [0.15, 0.2) is 5.60 Å². The number of hydrogen-bond acceptors (Lipinski definition) is 5. The first-order chi connectivity index (χ1) is 20.4. The summed E-state index contributed by atoms with van der Waals surface area (Å²) in [6.07, 6.45) is 1.58. The van der Waals surface area contributed by atoms with Crippen molar-refractivity contribution in [1.82, 2.24) is 9.99 Å². The summed E-state index contributed by atoms with van der Waals surface area (Å²) in [6.45, 7) is 4.28. The van der Waals surface area contributed by atoms with Gasteiger partial charge in [-0.25, -0.2) is 5.43 Å². The lowest BCUT2D eigenvalue weighted by molar-refractivity contribution is -0.136. The third-order valence-corrected chi connectivity index (χ3v) is 7.18. The zero-order valence-electron chi connectivity index (χ0n) is 23.4. The topological polar surface area (TPSA) is 99.6 Å². The number of amides is 1. The van der Waals surface area contributed by atoms with Gasteiger partial charge in [-0.15, -0.1) is 0 Å². The maximum atomic E-state index is 13.3. The number of rotatable bonds is 9. The smallest absolute Gasteiger partial charge is 0.281 e. The molecule has 5 rings (SSSR count). The maximum Gasteiger partial charge on any atom is 0.281 e. The van der Waals surface area contributed by atoms with E-state index in [2.05, 4.69) is 21.2 Å². The van der Waals surface area contributed by atoms with Crippen LogP contribution in [0.3, 0.4) is 0 Å². The minimum absolute atomic E-state index is 0.306. The lowest BCUT2D eigenvalue weighted by Crippen LogP contribution is -2.43. The second-order valence-electron chi connectivity index (χ2n) is 9.85. The Morgan fingerprint density at radius 3 is 2.14 bits per heavy atom. The van der Waals surface area contributed by atoms with Gasteiger partial charge in [-0.1, -0.05) is 78.9 Å². The van der Waals surface area contributed by atoms with Crippen LogP contribution in [0.15, 0.2) is 120 Å². The first-order valence-corrected chi connectivity index (χ1v) is 13.5. The standard InChI is InChI=1S/C35H30N4O3/c1-25-21-29(23-37-38-34(40)35(41,30-13-5-3-6-14-30)31-15-7-4-8-16-31)26(2)39(25)32-17-19-33(20-18-32)42-24-28-12-10-9-11-27(28)22-36/h3-21,23,41H,24H2,1-2H3,(H,38,40)/b37-23+. The number of hydrogen-bond donors (Lipinski definition) is 2. The van der Waals surface area contributed by atoms with Crippen molar-refractivity contribution in [3.8, 4) is 17.5 Å². The molecule has 0 saturated carbocycles. The van der Waals surface area contributed by atoms with E-state index in [0.29, 0.717) is 29.0 Å². The van der Waals surface area contributed by atoms with Gasteiger partial charge in [0.05, 0.1) is 17.8 Å². The molecule has 0 spiro atoms. The Kier molecular flexibility index (Phi) is 8.28. The summed E-state index contributed by atoms with van der Waals surface area (Å²) in [4.78, 5) is 13.3. The summed E-state index contributed by atoms with van der Waals surface area (Å²) < 4.78 is 8.00. The Morgan fingerprint density at radius 2 is 1.52 bits per heavy atom. The van der Waals surface area contributed by atoms with Crippen LogP contribution in [0.1, 0.15) is 39.2 Å². The predicted molar refractivity (Wildman–Crippen MR) is 162 cm³/mol. The van der Waals surface area contributed by atoms with E-state index < -0.39 is 11.5 Å². The third-order valence-electron chi connectivity index (χ3n) is 7.18. The average Bonchev–Trinajstić information content (AvgIpc) is 3.32. The van der Waals surface area contributed by atoms with Crippen molar-refractivity contribution in [3.63, 3.8) is 0 Å². The molecule has 0 radical (unpaired) electrons. The van der Waals surface area contributed by atoms with E-state index in [-0.39, 0.29) is 0 Å².